The first-order valence-electron chi connectivity index (χ1n) is 12.5. The molecule has 4 rings (SSSR count). The number of nitrogens with zero attached hydrogens (tertiary/aromatic N) is 1. The highest BCUT2D eigenvalue weighted by Crippen LogP contribution is 2.55. The van der Waals surface area contributed by atoms with E-state index in [-0.39, 0.29) is 47.1 Å². The molecule has 7 atom stereocenters. The number of aliphatic hydroxyl groups excluding tert-OH is 1. The highest BCUT2D eigenvalue weighted by molar-refractivity contribution is 5.89. The molecule has 3 aliphatic rings. The van der Waals surface area contributed by atoms with Gasteiger partial charge in [-0.15, -0.1) is 0 Å². The summed E-state index contributed by atoms with van der Waals surface area (Å²) in [5.74, 6) is -0.401. The second kappa shape index (κ2) is 9.61. The molecule has 6 nitrogen and oxygen atoms in total. The van der Waals surface area contributed by atoms with Gasteiger partial charge in [0.2, 0.25) is 5.91 Å². The molecule has 3 N–H and O–H groups in total. The summed E-state index contributed by atoms with van der Waals surface area (Å²) in [5.41, 5.74) is 0.413. The van der Waals surface area contributed by atoms with Crippen molar-refractivity contribution in [2.24, 2.45) is 29.1 Å². The van der Waals surface area contributed by atoms with Crippen LogP contribution in [0.25, 0.3) is 0 Å². The molecular weight excluding hydrogens is 421 g/mol. The molecule has 1 aromatic rings. The van der Waals surface area contributed by atoms with Crippen molar-refractivity contribution in [1.82, 2.24) is 10.2 Å². The maximum absolute atomic E-state index is 13.4. The van der Waals surface area contributed by atoms with E-state index in [0.717, 1.165) is 51.6 Å². The van der Waals surface area contributed by atoms with Gasteiger partial charge >= 0.3 is 6.03 Å². The molecule has 0 aromatic heterocycles. The lowest BCUT2D eigenvalue weighted by molar-refractivity contribution is -0.149. The summed E-state index contributed by atoms with van der Waals surface area (Å²) in [7, 11) is 0. The van der Waals surface area contributed by atoms with E-state index in [9.17, 15) is 19.1 Å². The van der Waals surface area contributed by atoms with Crippen LogP contribution in [0.1, 0.15) is 59.3 Å². The van der Waals surface area contributed by atoms with Crippen LogP contribution in [-0.2, 0) is 4.79 Å². The van der Waals surface area contributed by atoms with Crippen LogP contribution in [0.4, 0.5) is 14.9 Å². The molecular formula is C26H38FN3O3. The van der Waals surface area contributed by atoms with Gasteiger partial charge in [-0.2, -0.15) is 0 Å². The maximum atomic E-state index is 13.4. The van der Waals surface area contributed by atoms with Crippen LogP contribution < -0.4 is 10.6 Å². The van der Waals surface area contributed by atoms with E-state index >= 15 is 0 Å². The van der Waals surface area contributed by atoms with E-state index in [1.54, 1.807) is 12.1 Å². The SMILES string of the molecule is CC(C(=O)N1CCCC1)C1CCC2(C)CCC(NC(=O)Nc3cccc(F)c3)C(C)C2C1O. The Balaban J connectivity index is 1.43. The molecule has 2 aliphatic carbocycles. The number of likely N-dealkylation sites (tertiary alicyclic amines) is 1. The van der Waals surface area contributed by atoms with Crippen LogP contribution in [0.5, 0.6) is 0 Å². The van der Waals surface area contributed by atoms with Crippen molar-refractivity contribution in [1.29, 1.82) is 0 Å². The Morgan fingerprint density at radius 3 is 2.61 bits per heavy atom. The molecule has 7 heteroatoms. The molecule has 1 aliphatic heterocycles. The molecule has 33 heavy (non-hydrogen) atoms. The van der Waals surface area contributed by atoms with Crippen LogP contribution in [0.2, 0.25) is 0 Å². The topological polar surface area (TPSA) is 81.7 Å². The Kier molecular flexibility index (Phi) is 6.99. The van der Waals surface area contributed by atoms with Gasteiger partial charge in [0, 0.05) is 30.7 Å². The zero-order valence-electron chi connectivity index (χ0n) is 20.0. The zero-order valence-corrected chi connectivity index (χ0v) is 20.0. The zero-order chi connectivity index (χ0) is 23.8. The van der Waals surface area contributed by atoms with Crippen LogP contribution in [0.15, 0.2) is 24.3 Å². The molecule has 182 valence electrons. The van der Waals surface area contributed by atoms with Gasteiger partial charge in [0.15, 0.2) is 0 Å². The van der Waals surface area contributed by atoms with E-state index in [2.05, 4.69) is 24.5 Å². The lowest BCUT2D eigenvalue weighted by Crippen LogP contribution is -2.59. The summed E-state index contributed by atoms with van der Waals surface area (Å²) in [5, 5.41) is 17.3. The van der Waals surface area contributed by atoms with Gasteiger partial charge < -0.3 is 20.6 Å². The van der Waals surface area contributed by atoms with Crippen molar-refractivity contribution in [2.45, 2.75) is 71.4 Å². The van der Waals surface area contributed by atoms with Gasteiger partial charge in [-0.25, -0.2) is 9.18 Å². The number of hydrogen-bond donors (Lipinski definition) is 3. The number of urea groups is 1. The molecule has 1 aromatic carbocycles. The number of benzene rings is 1. The summed E-state index contributed by atoms with van der Waals surface area (Å²) in [6, 6.07) is 5.38. The van der Waals surface area contributed by atoms with E-state index in [1.807, 2.05) is 11.8 Å². The van der Waals surface area contributed by atoms with Gasteiger partial charge in [0.1, 0.15) is 5.82 Å². The standard InChI is InChI=1S/C26H38FN3O3/c1-16(24(32)30-13-4-5-14-30)20-9-11-26(3)12-10-21(17(2)22(26)23(20)31)29-25(33)28-19-8-6-7-18(27)15-19/h6-8,15-17,20-23,31H,4-5,9-14H2,1-3H3,(H2,28,29,33). The van der Waals surface area contributed by atoms with E-state index in [0.29, 0.717) is 5.69 Å². The largest absolute Gasteiger partial charge is 0.392 e. The van der Waals surface area contributed by atoms with Crippen molar-refractivity contribution >= 4 is 17.6 Å². The summed E-state index contributed by atoms with van der Waals surface area (Å²) in [6.45, 7) is 8.00. The second-order valence-corrected chi connectivity index (χ2v) is 10.8. The van der Waals surface area contributed by atoms with Gasteiger partial charge in [-0.1, -0.05) is 26.8 Å². The highest BCUT2D eigenvalue weighted by Gasteiger charge is 2.54. The number of rotatable bonds is 4. The quantitative estimate of drug-likeness (QED) is 0.624. The Hall–Kier alpha value is -2.15. The fourth-order valence-corrected chi connectivity index (χ4v) is 6.81. The van der Waals surface area contributed by atoms with Crippen molar-refractivity contribution in [3.05, 3.63) is 30.1 Å². The fourth-order valence-electron chi connectivity index (χ4n) is 6.81. The molecule has 2 saturated carbocycles. The number of carbonyl (C=O) groups excluding carboxylic acids is 2. The predicted molar refractivity (Wildman–Crippen MR) is 126 cm³/mol. The van der Waals surface area contributed by atoms with Gasteiger partial charge in [0.25, 0.3) is 0 Å². The number of hydrogen-bond acceptors (Lipinski definition) is 3. The number of fused-ring (bicyclic) bond motifs is 1. The number of carbonyl (C=O) groups is 2. The van der Waals surface area contributed by atoms with Gasteiger partial charge in [-0.05, 0) is 79.9 Å². The molecule has 1 heterocycles. The second-order valence-electron chi connectivity index (χ2n) is 10.8. The van der Waals surface area contributed by atoms with Gasteiger partial charge in [0.05, 0.1) is 6.10 Å². The molecule has 0 bridgehead atoms. The molecule has 7 unspecified atom stereocenters. The Bertz CT molecular complexity index is 874. The minimum atomic E-state index is -0.573. The van der Waals surface area contributed by atoms with Crippen molar-refractivity contribution in [3.63, 3.8) is 0 Å². The molecule has 0 radical (unpaired) electrons. The Morgan fingerprint density at radius 2 is 1.91 bits per heavy atom. The summed E-state index contributed by atoms with van der Waals surface area (Å²) >= 11 is 0. The first kappa shape index (κ1) is 24.0. The number of anilines is 1. The Labute approximate surface area is 196 Å². The average molecular weight is 460 g/mol. The minimum absolute atomic E-state index is 0.00294. The predicted octanol–water partition coefficient (Wildman–Crippen LogP) is 4.40. The molecule has 3 fully saturated rings. The average Bonchev–Trinajstić information content (AvgIpc) is 3.30. The van der Waals surface area contributed by atoms with Crippen LogP contribution in [-0.4, -0.2) is 47.2 Å². The third-order valence-corrected chi connectivity index (χ3v) is 8.74. The van der Waals surface area contributed by atoms with Crippen LogP contribution in [0, 0.1) is 34.9 Å². The smallest absolute Gasteiger partial charge is 0.319 e. The number of aliphatic hydroxyl groups is 1. The van der Waals surface area contributed by atoms with E-state index in [4.69, 9.17) is 0 Å². The van der Waals surface area contributed by atoms with Crippen molar-refractivity contribution in [2.75, 3.05) is 18.4 Å². The van der Waals surface area contributed by atoms with Crippen molar-refractivity contribution in [3.8, 4) is 0 Å². The lowest BCUT2D eigenvalue weighted by Gasteiger charge is -2.56. The lowest BCUT2D eigenvalue weighted by atomic mass is 9.51. The first-order chi connectivity index (χ1) is 15.7. The maximum Gasteiger partial charge on any atom is 0.319 e. The fraction of sp³-hybridized carbons (Fsp3) is 0.692. The summed E-state index contributed by atoms with van der Waals surface area (Å²) in [6.07, 6.45) is 5.16. The number of amides is 3. The number of halogens is 1. The van der Waals surface area contributed by atoms with Crippen LogP contribution in [0.3, 0.4) is 0 Å². The molecule has 0 spiro atoms. The van der Waals surface area contributed by atoms with E-state index < -0.39 is 11.9 Å². The summed E-state index contributed by atoms with van der Waals surface area (Å²) in [4.78, 5) is 27.6. The monoisotopic (exact) mass is 459 g/mol. The normalized spacial score (nSPS) is 34.9. The minimum Gasteiger partial charge on any atom is -0.392 e. The molecule has 3 amide bonds. The molecule has 1 saturated heterocycles. The Morgan fingerprint density at radius 1 is 1.21 bits per heavy atom. The number of nitrogens with one attached hydrogen (secondary N) is 2. The highest BCUT2D eigenvalue weighted by atomic mass is 19.1. The van der Waals surface area contributed by atoms with Crippen LogP contribution >= 0.6 is 0 Å². The third-order valence-electron chi connectivity index (χ3n) is 8.74. The van der Waals surface area contributed by atoms with E-state index in [1.165, 1.54) is 12.1 Å². The van der Waals surface area contributed by atoms with Gasteiger partial charge in [-0.3, -0.25) is 4.79 Å². The van der Waals surface area contributed by atoms with Crippen molar-refractivity contribution < 1.29 is 19.1 Å². The summed E-state index contributed by atoms with van der Waals surface area (Å²) < 4.78 is 13.4. The first-order valence-corrected chi connectivity index (χ1v) is 12.5. The third kappa shape index (κ3) is 4.88.